The monoisotopic (exact) mass is 313 g/mol. The summed E-state index contributed by atoms with van der Waals surface area (Å²) in [5.74, 6) is 1.41. The zero-order valence-corrected chi connectivity index (χ0v) is 13.7. The van der Waals surface area contributed by atoms with Gasteiger partial charge in [0.25, 0.3) is 0 Å². The van der Waals surface area contributed by atoms with E-state index in [2.05, 4.69) is 4.98 Å². The number of rotatable bonds is 6. The molecule has 0 fully saturated rings. The van der Waals surface area contributed by atoms with Crippen LogP contribution < -0.4 is 0 Å². The van der Waals surface area contributed by atoms with Crippen molar-refractivity contribution in [1.82, 2.24) is 4.98 Å². The summed E-state index contributed by atoms with van der Waals surface area (Å²) in [4.78, 5) is 16.4. The van der Waals surface area contributed by atoms with Gasteiger partial charge in [-0.15, -0.1) is 0 Å². The summed E-state index contributed by atoms with van der Waals surface area (Å²) in [5.41, 5.74) is 0.459. The number of ketones is 1. The van der Waals surface area contributed by atoms with Crippen LogP contribution >= 0.6 is 0 Å². The van der Waals surface area contributed by atoms with Crippen molar-refractivity contribution in [2.24, 2.45) is 5.92 Å². The van der Waals surface area contributed by atoms with Crippen LogP contribution in [0.15, 0.2) is 4.42 Å². The van der Waals surface area contributed by atoms with Gasteiger partial charge in [0.1, 0.15) is 11.5 Å². The molecule has 0 aromatic carbocycles. The Bertz CT molecular complexity index is 618. The maximum atomic E-state index is 12.1. The molecule has 2 unspecified atom stereocenters. The largest absolute Gasteiger partial charge is 0.445 e. The van der Waals surface area contributed by atoms with Crippen LogP contribution in [0.3, 0.4) is 0 Å². The van der Waals surface area contributed by atoms with Crippen LogP contribution in [-0.4, -0.2) is 30.2 Å². The number of nitrogens with zero attached hydrogens (tertiary/aromatic N) is 1. The molecule has 0 aliphatic heterocycles. The molecule has 1 heterocycles. The Hall–Kier alpha value is -1.17. The fourth-order valence-corrected chi connectivity index (χ4v) is 3.97. The van der Waals surface area contributed by atoms with Gasteiger partial charge in [-0.2, -0.15) is 0 Å². The first-order valence-electron chi connectivity index (χ1n) is 7.60. The smallest absolute Gasteiger partial charge is 0.195 e. The summed E-state index contributed by atoms with van der Waals surface area (Å²) in [5, 5.41) is -0.417. The Morgan fingerprint density at radius 2 is 2.05 bits per heavy atom. The van der Waals surface area contributed by atoms with Gasteiger partial charge in [0.15, 0.2) is 21.5 Å². The van der Waals surface area contributed by atoms with Gasteiger partial charge < -0.3 is 4.42 Å². The van der Waals surface area contributed by atoms with Crippen molar-refractivity contribution in [1.29, 1.82) is 0 Å². The van der Waals surface area contributed by atoms with Crippen LogP contribution in [0.5, 0.6) is 0 Å². The lowest BCUT2D eigenvalue weighted by Gasteiger charge is -2.22. The average molecular weight is 313 g/mol. The zero-order valence-electron chi connectivity index (χ0n) is 12.9. The lowest BCUT2D eigenvalue weighted by molar-refractivity contribution is 0.0936. The number of hydrogen-bond acceptors (Lipinski definition) is 5. The van der Waals surface area contributed by atoms with Crippen molar-refractivity contribution in [2.45, 2.75) is 58.1 Å². The highest BCUT2D eigenvalue weighted by atomic mass is 32.2. The Balaban J connectivity index is 2.11. The lowest BCUT2D eigenvalue weighted by atomic mass is 9.86. The molecule has 0 N–H and O–H groups in total. The molecule has 0 saturated heterocycles. The highest BCUT2D eigenvalue weighted by Crippen LogP contribution is 2.30. The molecule has 0 saturated carbocycles. The minimum Gasteiger partial charge on any atom is -0.445 e. The number of hydrogen-bond donors (Lipinski definition) is 0. The number of oxazole rings is 1. The topological polar surface area (TPSA) is 77.2 Å². The Morgan fingerprint density at radius 3 is 2.67 bits per heavy atom. The fourth-order valence-electron chi connectivity index (χ4n) is 2.84. The summed E-state index contributed by atoms with van der Waals surface area (Å²) < 4.78 is 29.4. The number of sulfone groups is 1. The molecule has 21 heavy (non-hydrogen) atoms. The highest BCUT2D eigenvalue weighted by molar-refractivity contribution is 7.91. The summed E-state index contributed by atoms with van der Waals surface area (Å²) >= 11 is 0. The summed E-state index contributed by atoms with van der Waals surface area (Å²) in [7, 11) is -3.05. The highest BCUT2D eigenvalue weighted by Gasteiger charge is 2.33. The maximum Gasteiger partial charge on any atom is 0.195 e. The first-order valence-corrected chi connectivity index (χ1v) is 9.32. The van der Waals surface area contributed by atoms with E-state index in [4.69, 9.17) is 4.42 Å². The van der Waals surface area contributed by atoms with Gasteiger partial charge in [0, 0.05) is 25.0 Å². The van der Waals surface area contributed by atoms with Gasteiger partial charge in [0.2, 0.25) is 0 Å². The third-order valence-electron chi connectivity index (χ3n) is 4.10. The molecule has 5 nitrogen and oxygen atoms in total. The second kappa shape index (κ2) is 6.30. The van der Waals surface area contributed by atoms with Gasteiger partial charge in [-0.25, -0.2) is 13.4 Å². The molecule has 0 amide bonds. The predicted molar refractivity (Wildman–Crippen MR) is 80.2 cm³/mol. The maximum absolute atomic E-state index is 12.1. The molecule has 2 rings (SSSR count). The van der Waals surface area contributed by atoms with E-state index in [-0.39, 0.29) is 17.5 Å². The number of carbonyl (C=O) groups excluding carboxylic acids is 1. The van der Waals surface area contributed by atoms with E-state index >= 15 is 0 Å². The van der Waals surface area contributed by atoms with Crippen LogP contribution in [0.25, 0.3) is 0 Å². The van der Waals surface area contributed by atoms with Crippen molar-refractivity contribution in [3.8, 4) is 0 Å². The Kier molecular flexibility index (Phi) is 4.86. The second-order valence-electron chi connectivity index (χ2n) is 5.82. The quantitative estimate of drug-likeness (QED) is 0.806. The number of aromatic nitrogens is 1. The average Bonchev–Trinajstić information content (AvgIpc) is 2.82. The van der Waals surface area contributed by atoms with E-state index in [9.17, 15) is 13.2 Å². The number of Topliss-reactive ketones (excluding diaryl/α,β-unsaturated/α-hetero) is 1. The van der Waals surface area contributed by atoms with Gasteiger partial charge in [-0.3, -0.25) is 4.79 Å². The van der Waals surface area contributed by atoms with E-state index < -0.39 is 15.1 Å². The van der Waals surface area contributed by atoms with Crippen LogP contribution in [0.1, 0.15) is 62.2 Å². The molecule has 0 radical (unpaired) electrons. The number of aryl methyl sites for hydroxylation is 1. The SMILES string of the molecule is CCCc1nc2c(o1)CC(CC(C)S(=O)(=O)CC)CC2=O. The summed E-state index contributed by atoms with van der Waals surface area (Å²) in [6.07, 6.45) is 3.13. The van der Waals surface area contributed by atoms with Gasteiger partial charge in [-0.1, -0.05) is 13.8 Å². The molecule has 1 aromatic rings. The van der Waals surface area contributed by atoms with Gasteiger partial charge in [-0.05, 0) is 25.7 Å². The molecule has 6 heteroatoms. The van der Waals surface area contributed by atoms with Gasteiger partial charge in [0.05, 0.1) is 5.25 Å². The van der Waals surface area contributed by atoms with Crippen molar-refractivity contribution < 1.29 is 17.6 Å². The molecule has 2 atom stereocenters. The standard InChI is InChI=1S/C15H23NO4S/c1-4-6-14-16-15-12(17)8-11(9-13(15)20-14)7-10(3)21(18,19)5-2/h10-11H,4-9H2,1-3H3. The normalized spacial score (nSPS) is 20.3. The third-order valence-corrected chi connectivity index (χ3v) is 6.32. The lowest BCUT2D eigenvalue weighted by Crippen LogP contribution is -2.27. The molecule has 0 spiro atoms. The molecule has 1 aliphatic carbocycles. The molecule has 1 aromatic heterocycles. The molecular weight excluding hydrogens is 290 g/mol. The zero-order chi connectivity index (χ0) is 15.6. The molecular formula is C15H23NO4S. The summed E-state index contributed by atoms with van der Waals surface area (Å²) in [6, 6.07) is 0. The minimum absolute atomic E-state index is 0.0200. The summed E-state index contributed by atoms with van der Waals surface area (Å²) in [6.45, 7) is 5.41. The fraction of sp³-hybridized carbons (Fsp3) is 0.733. The van der Waals surface area contributed by atoms with Crippen molar-refractivity contribution >= 4 is 15.6 Å². The number of carbonyl (C=O) groups is 1. The molecule has 118 valence electrons. The first-order chi connectivity index (χ1) is 9.87. The van der Waals surface area contributed by atoms with Crippen LogP contribution in [0.2, 0.25) is 0 Å². The van der Waals surface area contributed by atoms with E-state index in [0.29, 0.717) is 36.6 Å². The van der Waals surface area contributed by atoms with Crippen molar-refractivity contribution in [2.75, 3.05) is 5.75 Å². The molecule has 0 bridgehead atoms. The Labute approximate surface area is 126 Å². The van der Waals surface area contributed by atoms with Gasteiger partial charge >= 0.3 is 0 Å². The number of fused-ring (bicyclic) bond motifs is 1. The van der Waals surface area contributed by atoms with Crippen LogP contribution in [0, 0.1) is 5.92 Å². The molecule has 1 aliphatic rings. The Morgan fingerprint density at radius 1 is 1.33 bits per heavy atom. The van der Waals surface area contributed by atoms with E-state index in [1.54, 1.807) is 13.8 Å². The predicted octanol–water partition coefficient (Wildman–Crippen LogP) is 2.59. The van der Waals surface area contributed by atoms with Crippen LogP contribution in [-0.2, 0) is 22.7 Å². The first kappa shape index (κ1) is 16.2. The minimum atomic E-state index is -3.05. The van der Waals surface area contributed by atoms with Crippen molar-refractivity contribution in [3.63, 3.8) is 0 Å². The van der Waals surface area contributed by atoms with Crippen LogP contribution in [0.4, 0.5) is 0 Å². The second-order valence-corrected chi connectivity index (χ2v) is 8.53. The van der Waals surface area contributed by atoms with E-state index in [1.165, 1.54) is 0 Å². The van der Waals surface area contributed by atoms with E-state index in [0.717, 1.165) is 12.8 Å². The van der Waals surface area contributed by atoms with E-state index in [1.807, 2.05) is 6.92 Å². The van der Waals surface area contributed by atoms with Crippen molar-refractivity contribution in [3.05, 3.63) is 17.3 Å². The third kappa shape index (κ3) is 3.54.